The first-order valence-electron chi connectivity index (χ1n) is 6.90. The summed E-state index contributed by atoms with van der Waals surface area (Å²) >= 11 is 0. The maximum atomic E-state index is 12.1. The molecule has 3 unspecified atom stereocenters. The summed E-state index contributed by atoms with van der Waals surface area (Å²) in [5, 5.41) is 9.73. The molecule has 2 aliphatic rings. The molecule has 2 aliphatic heterocycles. The Morgan fingerprint density at radius 1 is 1.45 bits per heavy atom. The lowest BCUT2D eigenvalue weighted by Crippen LogP contribution is -2.60. The number of β-lactam (4-membered cyclic amide) rings is 1. The molecule has 1 fully saturated rings. The predicted octanol–water partition coefficient (Wildman–Crippen LogP) is 2.04. The molecule has 1 aromatic carbocycles. The van der Waals surface area contributed by atoms with Crippen molar-refractivity contribution < 1.29 is 14.6 Å². The molecule has 0 saturated carbocycles. The van der Waals surface area contributed by atoms with Crippen molar-refractivity contribution in [3.05, 3.63) is 35.5 Å². The van der Waals surface area contributed by atoms with Crippen molar-refractivity contribution in [3.63, 3.8) is 0 Å². The van der Waals surface area contributed by atoms with E-state index in [2.05, 4.69) is 0 Å². The quantitative estimate of drug-likeness (QED) is 0.857. The van der Waals surface area contributed by atoms with E-state index in [1.54, 1.807) is 14.0 Å². The molecule has 106 valence electrons. The van der Waals surface area contributed by atoms with Crippen LogP contribution in [0.3, 0.4) is 0 Å². The van der Waals surface area contributed by atoms with E-state index < -0.39 is 6.10 Å². The lowest BCUT2D eigenvalue weighted by atomic mass is 9.82. The molecule has 0 spiro atoms. The Labute approximate surface area is 118 Å². The van der Waals surface area contributed by atoms with Gasteiger partial charge < -0.3 is 14.7 Å². The van der Waals surface area contributed by atoms with E-state index in [1.165, 1.54) is 5.57 Å². The molecule has 1 amide bonds. The normalized spacial score (nSPS) is 26.4. The molecule has 3 atom stereocenters. The molecular weight excluding hydrogens is 254 g/mol. The summed E-state index contributed by atoms with van der Waals surface area (Å²) in [5.41, 5.74) is 3.27. The number of rotatable bonds is 3. The Morgan fingerprint density at radius 3 is 2.85 bits per heavy atom. The van der Waals surface area contributed by atoms with Gasteiger partial charge in [-0.3, -0.25) is 4.79 Å². The Kier molecular flexibility index (Phi) is 3.05. The molecule has 0 aromatic heterocycles. The standard InChI is InChI=1S/C16H19NO3/c1-9-13(11-5-4-6-12(7-11)20-3)8-14-15(10(2)18)16(19)17(9)14/h4-7,10,14-15,18H,8H2,1-3H3. The number of hydrogen-bond acceptors (Lipinski definition) is 3. The molecule has 3 rings (SSSR count). The van der Waals surface area contributed by atoms with Crippen molar-refractivity contribution >= 4 is 11.5 Å². The number of benzene rings is 1. The number of nitrogens with zero attached hydrogens (tertiary/aromatic N) is 1. The van der Waals surface area contributed by atoms with Crippen LogP contribution in [0.2, 0.25) is 0 Å². The number of aliphatic hydroxyl groups excluding tert-OH is 1. The van der Waals surface area contributed by atoms with Gasteiger partial charge in [0.15, 0.2) is 0 Å². The van der Waals surface area contributed by atoms with Gasteiger partial charge >= 0.3 is 0 Å². The zero-order valence-electron chi connectivity index (χ0n) is 12.0. The number of hydrogen-bond donors (Lipinski definition) is 1. The van der Waals surface area contributed by atoms with Crippen LogP contribution < -0.4 is 4.74 Å². The highest BCUT2D eigenvalue weighted by atomic mass is 16.5. The minimum Gasteiger partial charge on any atom is -0.497 e. The van der Waals surface area contributed by atoms with E-state index in [-0.39, 0.29) is 17.9 Å². The van der Waals surface area contributed by atoms with E-state index in [9.17, 15) is 9.90 Å². The van der Waals surface area contributed by atoms with Gasteiger partial charge in [0.05, 0.1) is 25.2 Å². The molecular formula is C16H19NO3. The van der Waals surface area contributed by atoms with Gasteiger partial charge in [-0.15, -0.1) is 0 Å². The number of methoxy groups -OCH3 is 1. The molecule has 4 nitrogen and oxygen atoms in total. The van der Waals surface area contributed by atoms with Gasteiger partial charge in [0.1, 0.15) is 5.75 Å². The Bertz CT molecular complexity index is 591. The molecule has 0 radical (unpaired) electrons. The topological polar surface area (TPSA) is 49.8 Å². The van der Waals surface area contributed by atoms with Crippen LogP contribution in [0.4, 0.5) is 0 Å². The highest BCUT2D eigenvalue weighted by molar-refractivity contribution is 5.93. The summed E-state index contributed by atoms with van der Waals surface area (Å²) in [7, 11) is 1.65. The molecule has 1 saturated heterocycles. The number of carbonyl (C=O) groups is 1. The van der Waals surface area contributed by atoms with Crippen molar-refractivity contribution in [2.75, 3.05) is 7.11 Å². The highest BCUT2D eigenvalue weighted by Crippen LogP contribution is 2.46. The van der Waals surface area contributed by atoms with Crippen LogP contribution in [0.1, 0.15) is 25.8 Å². The second kappa shape index (κ2) is 4.63. The fourth-order valence-corrected chi connectivity index (χ4v) is 3.37. The highest BCUT2D eigenvalue weighted by Gasteiger charge is 2.53. The molecule has 20 heavy (non-hydrogen) atoms. The average Bonchev–Trinajstić information content (AvgIpc) is 2.70. The number of aliphatic hydroxyl groups is 1. The van der Waals surface area contributed by atoms with E-state index in [1.807, 2.05) is 36.1 Å². The summed E-state index contributed by atoms with van der Waals surface area (Å²) in [6.07, 6.45) is 0.224. The lowest BCUT2D eigenvalue weighted by molar-refractivity contribution is -0.157. The predicted molar refractivity (Wildman–Crippen MR) is 76.0 cm³/mol. The van der Waals surface area contributed by atoms with Crippen molar-refractivity contribution in [1.29, 1.82) is 0 Å². The van der Waals surface area contributed by atoms with Crippen LogP contribution >= 0.6 is 0 Å². The number of carbonyl (C=O) groups excluding carboxylic acids is 1. The first kappa shape index (κ1) is 13.2. The molecule has 2 heterocycles. The van der Waals surface area contributed by atoms with Crippen LogP contribution in [0, 0.1) is 5.92 Å². The van der Waals surface area contributed by atoms with Gasteiger partial charge in [-0.2, -0.15) is 0 Å². The minimum atomic E-state index is -0.582. The van der Waals surface area contributed by atoms with Crippen molar-refractivity contribution in [1.82, 2.24) is 4.90 Å². The summed E-state index contributed by atoms with van der Waals surface area (Å²) in [6.45, 7) is 3.67. The molecule has 0 bridgehead atoms. The molecule has 4 heteroatoms. The molecule has 1 aromatic rings. The van der Waals surface area contributed by atoms with Crippen LogP contribution in [0.5, 0.6) is 5.75 Å². The summed E-state index contributed by atoms with van der Waals surface area (Å²) in [5.74, 6) is 0.601. The van der Waals surface area contributed by atoms with Crippen molar-refractivity contribution in [2.24, 2.45) is 5.92 Å². The van der Waals surface area contributed by atoms with Gasteiger partial charge in [0, 0.05) is 5.70 Å². The maximum absolute atomic E-state index is 12.1. The largest absolute Gasteiger partial charge is 0.497 e. The molecule has 1 N–H and O–H groups in total. The van der Waals surface area contributed by atoms with Crippen LogP contribution in [-0.4, -0.2) is 35.2 Å². The number of amides is 1. The third kappa shape index (κ3) is 1.75. The fraction of sp³-hybridized carbons (Fsp3) is 0.438. The van der Waals surface area contributed by atoms with E-state index in [4.69, 9.17) is 4.74 Å². The van der Waals surface area contributed by atoms with Gasteiger partial charge in [0.2, 0.25) is 5.91 Å². The van der Waals surface area contributed by atoms with E-state index >= 15 is 0 Å². The SMILES string of the molecule is COc1cccc(C2=C(C)N3C(=O)C(C(C)O)C3C2)c1. The number of ether oxygens (including phenoxy) is 1. The minimum absolute atomic E-state index is 0.0420. The Morgan fingerprint density at radius 2 is 2.20 bits per heavy atom. The zero-order valence-corrected chi connectivity index (χ0v) is 12.0. The van der Waals surface area contributed by atoms with E-state index in [0.717, 1.165) is 23.4 Å². The van der Waals surface area contributed by atoms with Gasteiger partial charge in [-0.05, 0) is 43.5 Å². The summed E-state index contributed by atoms with van der Waals surface area (Å²) in [4.78, 5) is 13.9. The average molecular weight is 273 g/mol. The molecule has 0 aliphatic carbocycles. The Balaban J connectivity index is 1.92. The second-order valence-corrected chi connectivity index (χ2v) is 5.54. The first-order valence-corrected chi connectivity index (χ1v) is 6.90. The summed E-state index contributed by atoms with van der Waals surface area (Å²) in [6, 6.07) is 8.01. The van der Waals surface area contributed by atoms with Crippen molar-refractivity contribution in [2.45, 2.75) is 32.4 Å². The van der Waals surface area contributed by atoms with Gasteiger partial charge in [-0.25, -0.2) is 0 Å². The van der Waals surface area contributed by atoms with Crippen LogP contribution in [0.25, 0.3) is 5.57 Å². The Hall–Kier alpha value is -1.81. The van der Waals surface area contributed by atoms with Crippen LogP contribution in [0.15, 0.2) is 30.0 Å². The number of allylic oxidation sites excluding steroid dienone is 1. The zero-order chi connectivity index (χ0) is 14.4. The lowest BCUT2D eigenvalue weighted by Gasteiger charge is -2.45. The van der Waals surface area contributed by atoms with Crippen molar-refractivity contribution in [3.8, 4) is 5.75 Å². The summed E-state index contributed by atoms with van der Waals surface area (Å²) < 4.78 is 5.26. The van der Waals surface area contributed by atoms with Gasteiger partial charge in [-0.1, -0.05) is 12.1 Å². The first-order chi connectivity index (χ1) is 9.54. The van der Waals surface area contributed by atoms with Crippen LogP contribution in [-0.2, 0) is 4.79 Å². The van der Waals surface area contributed by atoms with E-state index in [0.29, 0.717) is 0 Å². The monoisotopic (exact) mass is 273 g/mol. The fourth-order valence-electron chi connectivity index (χ4n) is 3.37. The second-order valence-electron chi connectivity index (χ2n) is 5.54. The third-order valence-electron chi connectivity index (χ3n) is 4.42. The number of fused-ring (bicyclic) bond motifs is 1. The maximum Gasteiger partial charge on any atom is 0.234 e. The third-order valence-corrected chi connectivity index (χ3v) is 4.42. The smallest absolute Gasteiger partial charge is 0.234 e. The van der Waals surface area contributed by atoms with Gasteiger partial charge in [0.25, 0.3) is 0 Å².